The summed E-state index contributed by atoms with van der Waals surface area (Å²) in [5.74, 6) is 0.538. The summed E-state index contributed by atoms with van der Waals surface area (Å²) in [5, 5.41) is 0. The molecule has 1 aliphatic rings. The van der Waals surface area contributed by atoms with E-state index in [2.05, 4.69) is 25.9 Å². The van der Waals surface area contributed by atoms with Crippen LogP contribution in [-0.2, 0) is 0 Å². The highest BCUT2D eigenvalue weighted by molar-refractivity contribution is 9.10. The Balaban J connectivity index is 1.59. The van der Waals surface area contributed by atoms with Crippen molar-refractivity contribution >= 4 is 27.7 Å². The molecule has 2 N–H and O–H groups in total. The Kier molecular flexibility index (Phi) is 3.74. The lowest BCUT2D eigenvalue weighted by Crippen LogP contribution is -2.56. The summed E-state index contributed by atoms with van der Waals surface area (Å²) in [6, 6.07) is 9.17. The second kappa shape index (κ2) is 5.69. The molecule has 7 heteroatoms. The number of aromatic nitrogens is 2. The highest BCUT2D eigenvalue weighted by Gasteiger charge is 2.33. The fourth-order valence-electron chi connectivity index (χ4n) is 2.05. The third kappa shape index (κ3) is 2.97. The molecule has 1 amide bonds. The van der Waals surface area contributed by atoms with E-state index >= 15 is 0 Å². The van der Waals surface area contributed by atoms with Crippen LogP contribution in [0.25, 0.3) is 0 Å². The molecule has 108 valence electrons. The van der Waals surface area contributed by atoms with Gasteiger partial charge in [0.15, 0.2) is 5.82 Å². The Hall–Kier alpha value is -2.15. The normalized spacial score (nSPS) is 14.6. The first-order chi connectivity index (χ1) is 10.1. The largest absolute Gasteiger partial charge is 0.468 e. The average Bonchev–Trinajstić information content (AvgIpc) is 2.46. The van der Waals surface area contributed by atoms with E-state index in [-0.39, 0.29) is 17.8 Å². The van der Waals surface area contributed by atoms with Crippen LogP contribution in [0, 0.1) is 0 Å². The van der Waals surface area contributed by atoms with Crippen molar-refractivity contribution in [3.05, 3.63) is 46.7 Å². The number of nitrogen functional groups attached to an aromatic ring is 1. The van der Waals surface area contributed by atoms with Gasteiger partial charge >= 0.3 is 0 Å². The predicted molar refractivity (Wildman–Crippen MR) is 80.9 cm³/mol. The molecule has 3 rings (SSSR count). The molecule has 0 unspecified atom stereocenters. The van der Waals surface area contributed by atoms with Crippen LogP contribution in [0.1, 0.15) is 10.4 Å². The third-order valence-electron chi connectivity index (χ3n) is 3.17. The van der Waals surface area contributed by atoms with E-state index in [1.54, 1.807) is 17.0 Å². The van der Waals surface area contributed by atoms with Crippen molar-refractivity contribution < 1.29 is 9.53 Å². The van der Waals surface area contributed by atoms with Gasteiger partial charge in [0, 0.05) is 5.56 Å². The van der Waals surface area contributed by atoms with Crippen LogP contribution in [0.5, 0.6) is 5.88 Å². The maximum absolute atomic E-state index is 12.2. The first-order valence-corrected chi connectivity index (χ1v) is 7.22. The lowest BCUT2D eigenvalue weighted by Gasteiger charge is -2.38. The minimum absolute atomic E-state index is 0.00347. The Morgan fingerprint density at radius 2 is 2.05 bits per heavy atom. The first kappa shape index (κ1) is 13.8. The molecule has 0 saturated carbocycles. The predicted octanol–water partition coefficient (Wildman–Crippen LogP) is 1.72. The molecule has 1 aliphatic heterocycles. The van der Waals surface area contributed by atoms with Crippen LogP contribution < -0.4 is 10.5 Å². The summed E-state index contributed by atoms with van der Waals surface area (Å²) in [5.41, 5.74) is 6.38. The van der Waals surface area contributed by atoms with Gasteiger partial charge in [-0.3, -0.25) is 4.79 Å². The summed E-state index contributed by atoms with van der Waals surface area (Å²) in [6.45, 7) is 1.03. The molecule has 1 aromatic heterocycles. The van der Waals surface area contributed by atoms with E-state index in [9.17, 15) is 4.79 Å². The number of nitrogens with two attached hydrogens (primary N) is 1. The highest BCUT2D eigenvalue weighted by atomic mass is 79.9. The molecule has 2 aromatic rings. The molecule has 1 aromatic carbocycles. The Morgan fingerprint density at radius 1 is 1.33 bits per heavy atom. The number of carbonyl (C=O) groups is 1. The quantitative estimate of drug-likeness (QED) is 0.913. The number of anilines is 1. The van der Waals surface area contributed by atoms with E-state index in [1.165, 1.54) is 6.20 Å². The zero-order chi connectivity index (χ0) is 14.8. The Labute approximate surface area is 130 Å². The maximum atomic E-state index is 12.2. The Bertz CT molecular complexity index is 659. The number of carbonyl (C=O) groups excluding carboxylic acids is 1. The van der Waals surface area contributed by atoms with Gasteiger partial charge in [0.25, 0.3) is 11.8 Å². The number of amides is 1. The van der Waals surface area contributed by atoms with Crippen LogP contribution in [0.4, 0.5) is 5.82 Å². The van der Waals surface area contributed by atoms with Gasteiger partial charge in [-0.2, -0.15) is 0 Å². The number of nitrogens with zero attached hydrogens (tertiary/aromatic N) is 3. The van der Waals surface area contributed by atoms with Crippen molar-refractivity contribution in [3.63, 3.8) is 0 Å². The van der Waals surface area contributed by atoms with Gasteiger partial charge in [0.1, 0.15) is 10.7 Å². The second-order valence-corrected chi connectivity index (χ2v) is 5.51. The number of hydrogen-bond acceptors (Lipinski definition) is 5. The van der Waals surface area contributed by atoms with Gasteiger partial charge in [-0.05, 0) is 28.1 Å². The van der Waals surface area contributed by atoms with E-state index in [0.717, 1.165) is 0 Å². The van der Waals surface area contributed by atoms with Gasteiger partial charge < -0.3 is 15.4 Å². The SMILES string of the molecule is Nc1ncc(Br)nc1OC1CN(C(=O)c2ccccc2)C1. The third-order valence-corrected chi connectivity index (χ3v) is 3.55. The monoisotopic (exact) mass is 348 g/mol. The van der Waals surface area contributed by atoms with Gasteiger partial charge in [-0.1, -0.05) is 18.2 Å². The molecule has 0 atom stereocenters. The summed E-state index contributed by atoms with van der Waals surface area (Å²) in [7, 11) is 0. The summed E-state index contributed by atoms with van der Waals surface area (Å²) >= 11 is 3.22. The van der Waals surface area contributed by atoms with Crippen LogP contribution >= 0.6 is 15.9 Å². The molecule has 6 nitrogen and oxygen atoms in total. The number of benzene rings is 1. The van der Waals surface area contributed by atoms with Gasteiger partial charge in [-0.25, -0.2) is 9.97 Å². The minimum Gasteiger partial charge on any atom is -0.468 e. The molecule has 1 fully saturated rings. The summed E-state index contributed by atoms with van der Waals surface area (Å²) < 4.78 is 6.21. The number of likely N-dealkylation sites (tertiary alicyclic amines) is 1. The van der Waals surface area contributed by atoms with Crippen molar-refractivity contribution in [2.24, 2.45) is 0 Å². The molecule has 21 heavy (non-hydrogen) atoms. The number of ether oxygens (including phenoxy) is 1. The topological polar surface area (TPSA) is 81.3 Å². The minimum atomic E-state index is -0.108. The molecule has 0 radical (unpaired) electrons. The van der Waals surface area contributed by atoms with Crippen LogP contribution in [0.15, 0.2) is 41.1 Å². The van der Waals surface area contributed by atoms with E-state index in [0.29, 0.717) is 29.1 Å². The molecule has 0 bridgehead atoms. The van der Waals surface area contributed by atoms with Crippen molar-refractivity contribution in [1.29, 1.82) is 0 Å². The Morgan fingerprint density at radius 3 is 2.76 bits per heavy atom. The molecule has 0 spiro atoms. The van der Waals surface area contributed by atoms with E-state index < -0.39 is 0 Å². The van der Waals surface area contributed by atoms with Gasteiger partial charge in [0.2, 0.25) is 0 Å². The van der Waals surface area contributed by atoms with Gasteiger partial charge in [0.05, 0.1) is 19.3 Å². The fourth-order valence-corrected chi connectivity index (χ4v) is 2.31. The smallest absolute Gasteiger partial charge is 0.258 e. The van der Waals surface area contributed by atoms with E-state index in [4.69, 9.17) is 10.5 Å². The zero-order valence-corrected chi connectivity index (χ0v) is 12.7. The molecule has 1 saturated heterocycles. The molecular formula is C14H13BrN4O2. The lowest BCUT2D eigenvalue weighted by molar-refractivity contribution is 0.0161. The number of hydrogen-bond donors (Lipinski definition) is 1. The van der Waals surface area contributed by atoms with Crippen molar-refractivity contribution in [2.45, 2.75) is 6.10 Å². The highest BCUT2D eigenvalue weighted by Crippen LogP contribution is 2.23. The van der Waals surface area contributed by atoms with Gasteiger partial charge in [-0.15, -0.1) is 0 Å². The molecule has 2 heterocycles. The molecule has 0 aliphatic carbocycles. The second-order valence-electron chi connectivity index (χ2n) is 4.70. The summed E-state index contributed by atoms with van der Waals surface area (Å²) in [4.78, 5) is 22.0. The summed E-state index contributed by atoms with van der Waals surface area (Å²) in [6.07, 6.45) is 1.40. The standard InChI is InChI=1S/C14H13BrN4O2/c15-11-6-17-12(16)13(18-11)21-10-7-19(8-10)14(20)9-4-2-1-3-5-9/h1-6,10H,7-8H2,(H2,16,17). The van der Waals surface area contributed by atoms with Crippen LogP contribution in [0.3, 0.4) is 0 Å². The van der Waals surface area contributed by atoms with Crippen LogP contribution in [0.2, 0.25) is 0 Å². The molecular weight excluding hydrogens is 336 g/mol. The first-order valence-electron chi connectivity index (χ1n) is 6.42. The van der Waals surface area contributed by atoms with Crippen molar-refractivity contribution in [1.82, 2.24) is 14.9 Å². The average molecular weight is 349 g/mol. The van der Waals surface area contributed by atoms with Crippen molar-refractivity contribution in [3.8, 4) is 5.88 Å². The maximum Gasteiger partial charge on any atom is 0.258 e. The zero-order valence-electron chi connectivity index (χ0n) is 11.1. The van der Waals surface area contributed by atoms with Crippen LogP contribution in [-0.4, -0.2) is 40.0 Å². The van der Waals surface area contributed by atoms with Crippen molar-refractivity contribution in [2.75, 3.05) is 18.8 Å². The number of halogens is 1. The lowest BCUT2D eigenvalue weighted by atomic mass is 10.1. The van der Waals surface area contributed by atoms with E-state index in [1.807, 2.05) is 18.2 Å². The number of rotatable bonds is 3. The fraction of sp³-hybridized carbons (Fsp3) is 0.214.